The number of halogens is 1. The van der Waals surface area contributed by atoms with Crippen molar-refractivity contribution in [1.82, 2.24) is 4.31 Å². The molecule has 2 aromatic rings. The van der Waals surface area contributed by atoms with Crippen molar-refractivity contribution in [3.05, 3.63) is 51.8 Å². The molecule has 0 amide bonds. The Morgan fingerprint density at radius 1 is 1.10 bits per heavy atom. The lowest BCUT2D eigenvalue weighted by Crippen LogP contribution is -2.36. The minimum Gasteiger partial charge on any atom is -0.329 e. The molecule has 0 aliphatic heterocycles. The summed E-state index contributed by atoms with van der Waals surface area (Å²) in [6.45, 7) is 1.06. The highest BCUT2D eigenvalue weighted by molar-refractivity contribution is 9.11. The van der Waals surface area contributed by atoms with Gasteiger partial charge in [-0.05, 0) is 40.0 Å². The predicted molar refractivity (Wildman–Crippen MR) is 90.0 cm³/mol. The van der Waals surface area contributed by atoms with Crippen LogP contribution in [0.15, 0.2) is 50.5 Å². The average Bonchev–Trinajstić information content (AvgIpc) is 2.92. The minimum absolute atomic E-state index is 0.306. The fourth-order valence-corrected chi connectivity index (χ4v) is 5.58. The van der Waals surface area contributed by atoms with Gasteiger partial charge in [-0.2, -0.15) is 4.31 Å². The van der Waals surface area contributed by atoms with E-state index in [1.54, 1.807) is 12.1 Å². The van der Waals surface area contributed by atoms with Crippen molar-refractivity contribution >= 4 is 37.3 Å². The highest BCUT2D eigenvalue weighted by Crippen LogP contribution is 2.28. The highest BCUT2D eigenvalue weighted by Gasteiger charge is 2.25. The maximum Gasteiger partial charge on any atom is 0.252 e. The lowest BCUT2D eigenvalue weighted by atomic mass is 10.1. The molecule has 7 heteroatoms. The van der Waals surface area contributed by atoms with Gasteiger partial charge in [0.05, 0.1) is 3.79 Å². The summed E-state index contributed by atoms with van der Waals surface area (Å²) in [5, 5.41) is 0. The minimum atomic E-state index is -3.47. The molecular formula is C14H17BrN2O2S2. The Bertz CT molecular complexity index is 671. The number of benzene rings is 1. The number of hydrogen-bond donors (Lipinski definition) is 1. The van der Waals surface area contributed by atoms with Gasteiger partial charge in [0.1, 0.15) is 4.21 Å². The Balaban J connectivity index is 2.14. The number of hydrogen-bond acceptors (Lipinski definition) is 4. The van der Waals surface area contributed by atoms with Gasteiger partial charge in [-0.3, -0.25) is 0 Å². The second-order valence-electron chi connectivity index (χ2n) is 4.49. The van der Waals surface area contributed by atoms with Gasteiger partial charge in [0, 0.05) is 19.6 Å². The van der Waals surface area contributed by atoms with E-state index >= 15 is 0 Å². The molecule has 0 radical (unpaired) electrons. The van der Waals surface area contributed by atoms with Crippen molar-refractivity contribution in [3.63, 3.8) is 0 Å². The Morgan fingerprint density at radius 3 is 2.38 bits per heavy atom. The quantitative estimate of drug-likeness (QED) is 0.792. The van der Waals surface area contributed by atoms with Crippen LogP contribution in [-0.4, -0.2) is 32.4 Å². The summed E-state index contributed by atoms with van der Waals surface area (Å²) < 4.78 is 27.8. The van der Waals surface area contributed by atoms with E-state index in [9.17, 15) is 8.42 Å². The third kappa shape index (κ3) is 4.37. The van der Waals surface area contributed by atoms with Crippen molar-refractivity contribution in [2.24, 2.45) is 5.73 Å². The Hall–Kier alpha value is -0.730. The van der Waals surface area contributed by atoms with E-state index in [-0.39, 0.29) is 0 Å². The molecule has 0 bridgehead atoms. The molecule has 1 heterocycles. The lowest BCUT2D eigenvalue weighted by Gasteiger charge is -2.20. The van der Waals surface area contributed by atoms with Crippen LogP contribution in [0.25, 0.3) is 0 Å². The van der Waals surface area contributed by atoms with Gasteiger partial charge in [0.2, 0.25) is 0 Å². The summed E-state index contributed by atoms with van der Waals surface area (Å²) >= 11 is 4.52. The van der Waals surface area contributed by atoms with Crippen LogP contribution in [0.5, 0.6) is 0 Å². The first kappa shape index (κ1) is 16.6. The van der Waals surface area contributed by atoms with Crippen LogP contribution in [0.4, 0.5) is 0 Å². The van der Waals surface area contributed by atoms with Crippen molar-refractivity contribution in [2.45, 2.75) is 10.6 Å². The zero-order valence-corrected chi connectivity index (χ0v) is 14.6. The zero-order chi connectivity index (χ0) is 15.3. The van der Waals surface area contributed by atoms with Gasteiger partial charge in [0.15, 0.2) is 0 Å². The fraction of sp³-hybridized carbons (Fsp3) is 0.286. The van der Waals surface area contributed by atoms with Crippen LogP contribution in [0.1, 0.15) is 5.56 Å². The van der Waals surface area contributed by atoms with E-state index in [4.69, 9.17) is 5.73 Å². The Kier molecular flexibility index (Phi) is 5.95. The second kappa shape index (κ2) is 7.51. The molecule has 114 valence electrons. The first-order chi connectivity index (χ1) is 10.0. The summed E-state index contributed by atoms with van der Waals surface area (Å²) in [4.78, 5) is 0. The predicted octanol–water partition coefficient (Wildman–Crippen LogP) is 2.70. The van der Waals surface area contributed by atoms with E-state index in [1.165, 1.54) is 15.6 Å². The van der Waals surface area contributed by atoms with Crippen LogP contribution in [-0.2, 0) is 16.4 Å². The molecule has 0 saturated carbocycles. The van der Waals surface area contributed by atoms with Crippen LogP contribution in [0, 0.1) is 0 Å². The normalized spacial score (nSPS) is 12.0. The largest absolute Gasteiger partial charge is 0.329 e. The van der Waals surface area contributed by atoms with E-state index in [2.05, 4.69) is 15.9 Å². The van der Waals surface area contributed by atoms with E-state index in [1.807, 2.05) is 30.3 Å². The van der Waals surface area contributed by atoms with Crippen molar-refractivity contribution < 1.29 is 8.42 Å². The summed E-state index contributed by atoms with van der Waals surface area (Å²) in [6, 6.07) is 13.2. The number of nitrogens with zero attached hydrogens (tertiary/aromatic N) is 1. The number of thiophene rings is 1. The zero-order valence-electron chi connectivity index (χ0n) is 11.4. The summed E-state index contributed by atoms with van der Waals surface area (Å²) in [6.07, 6.45) is 0.673. The fourth-order valence-electron chi connectivity index (χ4n) is 1.96. The Morgan fingerprint density at radius 2 is 1.81 bits per heavy atom. The summed E-state index contributed by atoms with van der Waals surface area (Å²) in [7, 11) is -3.47. The van der Waals surface area contributed by atoms with Gasteiger partial charge in [-0.1, -0.05) is 30.3 Å². The summed E-state index contributed by atoms with van der Waals surface area (Å²) in [5.41, 5.74) is 6.68. The monoisotopic (exact) mass is 388 g/mol. The Labute approximate surface area is 137 Å². The van der Waals surface area contributed by atoms with Crippen molar-refractivity contribution in [1.29, 1.82) is 0 Å². The maximum atomic E-state index is 12.6. The number of rotatable bonds is 7. The van der Waals surface area contributed by atoms with Crippen LogP contribution in [0.2, 0.25) is 0 Å². The highest BCUT2D eigenvalue weighted by atomic mass is 79.9. The molecule has 1 aromatic carbocycles. The van der Waals surface area contributed by atoms with E-state index < -0.39 is 10.0 Å². The molecule has 0 aliphatic rings. The van der Waals surface area contributed by atoms with Crippen LogP contribution in [0.3, 0.4) is 0 Å². The maximum absolute atomic E-state index is 12.6. The smallest absolute Gasteiger partial charge is 0.252 e. The molecule has 21 heavy (non-hydrogen) atoms. The van der Waals surface area contributed by atoms with Gasteiger partial charge in [0.25, 0.3) is 10.0 Å². The standard InChI is InChI=1S/C14H17BrN2O2S2/c15-13-6-7-14(20-13)21(18,19)17(11-9-16)10-8-12-4-2-1-3-5-12/h1-7H,8-11,16H2. The molecule has 0 spiro atoms. The SMILES string of the molecule is NCCN(CCc1ccccc1)S(=O)(=O)c1ccc(Br)s1. The van der Waals surface area contributed by atoms with Gasteiger partial charge in [-0.15, -0.1) is 11.3 Å². The lowest BCUT2D eigenvalue weighted by molar-refractivity contribution is 0.423. The number of nitrogens with two attached hydrogens (primary N) is 1. The number of sulfonamides is 1. The molecular weight excluding hydrogens is 372 g/mol. The molecule has 0 fully saturated rings. The molecule has 2 rings (SSSR count). The molecule has 1 aromatic heterocycles. The molecule has 4 nitrogen and oxygen atoms in total. The van der Waals surface area contributed by atoms with Crippen molar-refractivity contribution in [3.8, 4) is 0 Å². The van der Waals surface area contributed by atoms with Gasteiger partial charge in [-0.25, -0.2) is 8.42 Å². The molecule has 0 atom stereocenters. The first-order valence-electron chi connectivity index (χ1n) is 6.53. The third-order valence-corrected chi connectivity index (χ3v) is 7.00. The third-order valence-electron chi connectivity index (χ3n) is 3.01. The van der Waals surface area contributed by atoms with Gasteiger partial charge < -0.3 is 5.73 Å². The average molecular weight is 389 g/mol. The van der Waals surface area contributed by atoms with Crippen LogP contribution < -0.4 is 5.73 Å². The molecule has 0 unspecified atom stereocenters. The molecule has 0 aliphatic carbocycles. The van der Waals surface area contributed by atoms with Crippen LogP contribution >= 0.6 is 27.3 Å². The molecule has 2 N–H and O–H groups in total. The first-order valence-corrected chi connectivity index (χ1v) is 9.58. The van der Waals surface area contributed by atoms with E-state index in [0.717, 1.165) is 9.35 Å². The topological polar surface area (TPSA) is 63.4 Å². The molecule has 0 saturated heterocycles. The van der Waals surface area contributed by atoms with Crippen molar-refractivity contribution in [2.75, 3.05) is 19.6 Å². The summed E-state index contributed by atoms with van der Waals surface area (Å²) in [5.74, 6) is 0. The second-order valence-corrected chi connectivity index (χ2v) is 9.11. The van der Waals surface area contributed by atoms with Gasteiger partial charge >= 0.3 is 0 Å². The van der Waals surface area contributed by atoms with E-state index in [0.29, 0.717) is 30.3 Å².